The summed E-state index contributed by atoms with van der Waals surface area (Å²) in [6.07, 6.45) is 0. The molecular formula is C14H13NO3. The monoisotopic (exact) mass is 243 g/mol. The SMILES string of the molecule is COc1cc(O)ccc1NC(=O)c1ccccc1. The minimum absolute atomic E-state index is 0.0876. The third-order valence-corrected chi connectivity index (χ3v) is 2.47. The van der Waals surface area contributed by atoms with Crippen molar-refractivity contribution in [3.63, 3.8) is 0 Å². The second kappa shape index (κ2) is 5.23. The highest BCUT2D eigenvalue weighted by Gasteiger charge is 2.09. The molecule has 0 aliphatic rings. The third-order valence-electron chi connectivity index (χ3n) is 2.47. The molecule has 4 nitrogen and oxygen atoms in total. The van der Waals surface area contributed by atoms with E-state index >= 15 is 0 Å². The highest BCUT2D eigenvalue weighted by atomic mass is 16.5. The first-order valence-electron chi connectivity index (χ1n) is 5.44. The van der Waals surface area contributed by atoms with Gasteiger partial charge in [-0.15, -0.1) is 0 Å². The van der Waals surface area contributed by atoms with Crippen LogP contribution in [-0.2, 0) is 0 Å². The van der Waals surface area contributed by atoms with Gasteiger partial charge in [0.05, 0.1) is 12.8 Å². The summed E-state index contributed by atoms with van der Waals surface area (Å²) in [5.74, 6) is 0.281. The Morgan fingerprint density at radius 3 is 2.56 bits per heavy atom. The maximum absolute atomic E-state index is 11.9. The van der Waals surface area contributed by atoms with Crippen molar-refractivity contribution in [1.82, 2.24) is 0 Å². The molecule has 0 saturated carbocycles. The van der Waals surface area contributed by atoms with E-state index in [4.69, 9.17) is 4.74 Å². The van der Waals surface area contributed by atoms with Crippen LogP contribution in [0, 0.1) is 0 Å². The van der Waals surface area contributed by atoms with Crippen LogP contribution in [0.3, 0.4) is 0 Å². The Balaban J connectivity index is 2.22. The summed E-state index contributed by atoms with van der Waals surface area (Å²) in [5.41, 5.74) is 1.08. The van der Waals surface area contributed by atoms with Crippen LogP contribution >= 0.6 is 0 Å². The first-order chi connectivity index (χ1) is 8.70. The summed E-state index contributed by atoms with van der Waals surface area (Å²) in [5, 5.41) is 12.1. The molecule has 0 aliphatic heterocycles. The summed E-state index contributed by atoms with van der Waals surface area (Å²) in [4.78, 5) is 11.9. The van der Waals surface area contributed by atoms with Gasteiger partial charge in [0.2, 0.25) is 0 Å². The van der Waals surface area contributed by atoms with Gasteiger partial charge < -0.3 is 15.2 Å². The number of rotatable bonds is 3. The van der Waals surface area contributed by atoms with Crippen LogP contribution in [0.2, 0.25) is 0 Å². The summed E-state index contributed by atoms with van der Waals surface area (Å²) in [6, 6.07) is 13.4. The number of phenolic OH excluding ortho intramolecular Hbond substituents is 1. The minimum atomic E-state index is -0.223. The Kier molecular flexibility index (Phi) is 3.48. The predicted octanol–water partition coefficient (Wildman–Crippen LogP) is 2.65. The molecule has 1 amide bonds. The van der Waals surface area contributed by atoms with Gasteiger partial charge in [0.15, 0.2) is 0 Å². The van der Waals surface area contributed by atoms with Crippen LogP contribution < -0.4 is 10.1 Å². The molecular weight excluding hydrogens is 230 g/mol. The number of methoxy groups -OCH3 is 1. The second-order valence-electron chi connectivity index (χ2n) is 3.70. The number of carbonyl (C=O) groups is 1. The van der Waals surface area contributed by atoms with E-state index in [1.54, 1.807) is 30.3 Å². The predicted molar refractivity (Wildman–Crippen MR) is 69.1 cm³/mol. The average molecular weight is 243 g/mol. The van der Waals surface area contributed by atoms with E-state index in [9.17, 15) is 9.90 Å². The Morgan fingerprint density at radius 2 is 1.89 bits per heavy atom. The van der Waals surface area contributed by atoms with E-state index in [-0.39, 0.29) is 11.7 Å². The van der Waals surface area contributed by atoms with E-state index in [1.807, 2.05) is 6.07 Å². The van der Waals surface area contributed by atoms with Crippen molar-refractivity contribution in [2.24, 2.45) is 0 Å². The van der Waals surface area contributed by atoms with Gasteiger partial charge in [0.1, 0.15) is 11.5 Å². The highest BCUT2D eigenvalue weighted by molar-refractivity contribution is 6.05. The molecule has 2 aromatic rings. The largest absolute Gasteiger partial charge is 0.508 e. The van der Waals surface area contributed by atoms with Crippen molar-refractivity contribution in [3.05, 3.63) is 54.1 Å². The minimum Gasteiger partial charge on any atom is -0.508 e. The number of nitrogens with one attached hydrogen (secondary N) is 1. The lowest BCUT2D eigenvalue weighted by molar-refractivity contribution is 0.102. The van der Waals surface area contributed by atoms with Gasteiger partial charge in [-0.1, -0.05) is 18.2 Å². The number of ether oxygens (including phenoxy) is 1. The van der Waals surface area contributed by atoms with E-state index < -0.39 is 0 Å². The molecule has 4 heteroatoms. The molecule has 0 aliphatic carbocycles. The first kappa shape index (κ1) is 12.0. The maximum Gasteiger partial charge on any atom is 0.255 e. The number of phenols is 1. The number of carbonyl (C=O) groups excluding carboxylic acids is 1. The third kappa shape index (κ3) is 2.60. The molecule has 2 rings (SSSR count). The molecule has 2 N–H and O–H groups in total. The average Bonchev–Trinajstić information content (AvgIpc) is 2.41. The second-order valence-corrected chi connectivity index (χ2v) is 3.70. The summed E-state index contributed by atoms with van der Waals surface area (Å²) < 4.78 is 5.09. The van der Waals surface area contributed by atoms with Gasteiger partial charge >= 0.3 is 0 Å². The Morgan fingerprint density at radius 1 is 1.17 bits per heavy atom. The molecule has 0 saturated heterocycles. The van der Waals surface area contributed by atoms with Crippen LogP contribution in [0.4, 0.5) is 5.69 Å². The van der Waals surface area contributed by atoms with Crippen molar-refractivity contribution < 1.29 is 14.6 Å². The zero-order valence-electron chi connectivity index (χ0n) is 9.88. The topological polar surface area (TPSA) is 58.6 Å². The van der Waals surface area contributed by atoms with Crippen molar-refractivity contribution in [3.8, 4) is 11.5 Å². The lowest BCUT2D eigenvalue weighted by Gasteiger charge is -2.10. The number of anilines is 1. The molecule has 0 fully saturated rings. The maximum atomic E-state index is 11.9. The fourth-order valence-corrected chi connectivity index (χ4v) is 1.57. The highest BCUT2D eigenvalue weighted by Crippen LogP contribution is 2.28. The van der Waals surface area contributed by atoms with Gasteiger partial charge in [0.25, 0.3) is 5.91 Å². The summed E-state index contributed by atoms with van der Waals surface area (Å²) >= 11 is 0. The van der Waals surface area contributed by atoms with E-state index in [1.165, 1.54) is 19.2 Å². The molecule has 0 unspecified atom stereocenters. The van der Waals surface area contributed by atoms with Gasteiger partial charge in [-0.05, 0) is 24.3 Å². The molecule has 0 aromatic heterocycles. The van der Waals surface area contributed by atoms with Crippen LogP contribution in [0.15, 0.2) is 48.5 Å². The molecule has 0 heterocycles. The van der Waals surface area contributed by atoms with E-state index in [0.29, 0.717) is 17.0 Å². The van der Waals surface area contributed by atoms with Crippen LogP contribution in [0.5, 0.6) is 11.5 Å². The molecule has 0 spiro atoms. The molecule has 92 valence electrons. The Bertz CT molecular complexity index is 552. The van der Waals surface area contributed by atoms with Gasteiger partial charge in [0, 0.05) is 11.6 Å². The van der Waals surface area contributed by atoms with Crippen LogP contribution in [0.1, 0.15) is 10.4 Å². The van der Waals surface area contributed by atoms with E-state index in [0.717, 1.165) is 0 Å². The van der Waals surface area contributed by atoms with Crippen molar-refractivity contribution >= 4 is 11.6 Å². The fraction of sp³-hybridized carbons (Fsp3) is 0.0714. The Labute approximate surface area is 105 Å². The molecule has 18 heavy (non-hydrogen) atoms. The van der Waals surface area contributed by atoms with E-state index in [2.05, 4.69) is 5.32 Å². The van der Waals surface area contributed by atoms with Crippen LogP contribution in [0.25, 0.3) is 0 Å². The molecule has 0 radical (unpaired) electrons. The van der Waals surface area contributed by atoms with Crippen molar-refractivity contribution in [1.29, 1.82) is 0 Å². The molecule has 0 atom stereocenters. The molecule has 2 aromatic carbocycles. The van der Waals surface area contributed by atoms with Crippen molar-refractivity contribution in [2.75, 3.05) is 12.4 Å². The fourth-order valence-electron chi connectivity index (χ4n) is 1.57. The van der Waals surface area contributed by atoms with Crippen LogP contribution in [-0.4, -0.2) is 18.1 Å². The number of benzene rings is 2. The smallest absolute Gasteiger partial charge is 0.255 e. The zero-order valence-corrected chi connectivity index (χ0v) is 9.88. The quantitative estimate of drug-likeness (QED) is 0.815. The van der Waals surface area contributed by atoms with Gasteiger partial charge in [-0.25, -0.2) is 0 Å². The standard InChI is InChI=1S/C14H13NO3/c1-18-13-9-11(16)7-8-12(13)15-14(17)10-5-3-2-4-6-10/h2-9,16H,1H3,(H,15,17). The summed E-state index contributed by atoms with van der Waals surface area (Å²) in [6.45, 7) is 0. The normalized spacial score (nSPS) is 9.83. The number of aromatic hydroxyl groups is 1. The number of amides is 1. The first-order valence-corrected chi connectivity index (χ1v) is 5.44. The van der Waals surface area contributed by atoms with Crippen molar-refractivity contribution in [2.45, 2.75) is 0 Å². The Hall–Kier alpha value is -2.49. The van der Waals surface area contributed by atoms with Gasteiger partial charge in [-0.3, -0.25) is 4.79 Å². The number of hydrogen-bond acceptors (Lipinski definition) is 3. The summed E-state index contributed by atoms with van der Waals surface area (Å²) in [7, 11) is 1.48. The zero-order chi connectivity index (χ0) is 13.0. The lowest BCUT2D eigenvalue weighted by atomic mass is 10.2. The number of hydrogen-bond donors (Lipinski definition) is 2. The molecule has 0 bridgehead atoms. The van der Waals surface area contributed by atoms with Gasteiger partial charge in [-0.2, -0.15) is 0 Å². The lowest BCUT2D eigenvalue weighted by Crippen LogP contribution is -2.12.